The Balaban J connectivity index is 1.46. The average molecular weight is 920 g/mol. The van der Waals surface area contributed by atoms with Crippen LogP contribution in [0.4, 0.5) is 5.69 Å². The summed E-state index contributed by atoms with van der Waals surface area (Å²) in [5.41, 5.74) is 3.51. The standard InChI is InChI=1S/C51H81N7O6S/c1-14-35(6)46(57(11)51(62)44(33(2)3)54-49(61)45(34(4)5)56(10)29-26-37-22-24-39(25-23-37)55(8)9)42(63-12)32-43(59)58-28-18-21-41(58)47(64-13)36(7)48(60)53-40(50-52-27-30-65-50)31-38-19-16-15-17-20-38/h16,19-20,22-25,27,30,33-36,40-42,44-47H,14-15,17-18,21,26,28-29,31-32H2,1-13H3,(H,53,60)(H,54,61)/t35-,36+,40-,41-,42+,44-,45-,46-,47+/m0/s1. The van der Waals surface area contributed by atoms with E-state index in [1.165, 1.54) is 22.5 Å². The first-order valence-electron chi connectivity index (χ1n) is 23.9. The average Bonchev–Trinajstić information content (AvgIpc) is 4.01. The first kappa shape index (κ1) is 53.5. The Morgan fingerprint density at radius 2 is 1.63 bits per heavy atom. The zero-order valence-corrected chi connectivity index (χ0v) is 42.5. The lowest BCUT2D eigenvalue weighted by molar-refractivity contribution is -0.148. The highest BCUT2D eigenvalue weighted by Crippen LogP contribution is 2.31. The molecule has 4 rings (SSSR count). The number of likely N-dealkylation sites (N-methyl/N-ethyl adjacent to an activating group) is 2. The molecule has 1 aliphatic heterocycles. The second-order valence-electron chi connectivity index (χ2n) is 19.2. The second kappa shape index (κ2) is 25.7. The van der Waals surface area contributed by atoms with Crippen molar-refractivity contribution in [2.45, 2.75) is 142 Å². The predicted octanol–water partition coefficient (Wildman–Crippen LogP) is 7.29. The smallest absolute Gasteiger partial charge is 0.245 e. The van der Waals surface area contributed by atoms with E-state index in [9.17, 15) is 19.2 Å². The third kappa shape index (κ3) is 14.4. The zero-order valence-electron chi connectivity index (χ0n) is 41.7. The monoisotopic (exact) mass is 920 g/mol. The first-order chi connectivity index (χ1) is 30.9. The number of carbonyl (C=O) groups excluding carboxylic acids is 4. The highest BCUT2D eigenvalue weighted by molar-refractivity contribution is 7.09. The van der Waals surface area contributed by atoms with E-state index in [2.05, 4.69) is 81.8 Å². The van der Waals surface area contributed by atoms with Crippen LogP contribution in [0.5, 0.6) is 0 Å². The predicted molar refractivity (Wildman–Crippen MR) is 263 cm³/mol. The number of hydrogen-bond acceptors (Lipinski definition) is 10. The van der Waals surface area contributed by atoms with Crippen molar-refractivity contribution < 1.29 is 28.7 Å². The van der Waals surface area contributed by atoms with Crippen LogP contribution in [0.15, 0.2) is 59.6 Å². The van der Waals surface area contributed by atoms with Gasteiger partial charge in [0.1, 0.15) is 11.0 Å². The minimum absolute atomic E-state index is 0.000200. The Bertz CT molecular complexity index is 1870. The lowest BCUT2D eigenvalue weighted by Gasteiger charge is -2.41. The summed E-state index contributed by atoms with van der Waals surface area (Å²) in [5.74, 6) is -1.43. The molecule has 0 radical (unpaired) electrons. The molecule has 1 aromatic carbocycles. The van der Waals surface area contributed by atoms with Gasteiger partial charge in [0.2, 0.25) is 23.6 Å². The van der Waals surface area contributed by atoms with Crippen LogP contribution in [-0.4, -0.2) is 135 Å². The molecule has 1 aliphatic carbocycles. The van der Waals surface area contributed by atoms with Gasteiger partial charge in [-0.1, -0.05) is 85.2 Å². The van der Waals surface area contributed by atoms with Crippen LogP contribution in [-0.2, 0) is 35.1 Å². The fraction of sp³-hybridized carbons (Fsp3) is 0.667. The molecule has 65 heavy (non-hydrogen) atoms. The van der Waals surface area contributed by atoms with Gasteiger partial charge in [-0.25, -0.2) is 4.98 Å². The molecular weight excluding hydrogens is 839 g/mol. The van der Waals surface area contributed by atoms with Gasteiger partial charge in [-0.3, -0.25) is 24.1 Å². The largest absolute Gasteiger partial charge is 0.379 e. The number of amides is 4. The molecule has 13 nitrogen and oxygen atoms in total. The molecular formula is C51H81N7O6S. The molecule has 0 unspecified atom stereocenters. The molecule has 362 valence electrons. The number of ether oxygens (including phenoxy) is 2. The van der Waals surface area contributed by atoms with E-state index in [0.29, 0.717) is 25.9 Å². The van der Waals surface area contributed by atoms with Crippen molar-refractivity contribution in [2.75, 3.05) is 60.4 Å². The van der Waals surface area contributed by atoms with E-state index in [1.807, 2.05) is 66.0 Å². The molecule has 1 saturated heterocycles. The summed E-state index contributed by atoms with van der Waals surface area (Å²) in [5, 5.41) is 9.22. The highest BCUT2D eigenvalue weighted by atomic mass is 32.1. The van der Waals surface area contributed by atoms with Crippen LogP contribution in [0.3, 0.4) is 0 Å². The van der Waals surface area contributed by atoms with Gasteiger partial charge in [-0.05, 0) is 86.6 Å². The van der Waals surface area contributed by atoms with E-state index in [1.54, 1.807) is 32.4 Å². The maximum Gasteiger partial charge on any atom is 0.245 e. The van der Waals surface area contributed by atoms with E-state index in [0.717, 1.165) is 42.8 Å². The Hall–Kier alpha value is -4.11. The number of allylic oxidation sites excluding steroid dienone is 3. The molecule has 14 heteroatoms. The van der Waals surface area contributed by atoms with Gasteiger partial charge in [0.25, 0.3) is 0 Å². The van der Waals surface area contributed by atoms with Crippen molar-refractivity contribution in [1.29, 1.82) is 0 Å². The summed E-state index contributed by atoms with van der Waals surface area (Å²) in [7, 11) is 11.0. The molecule has 9 atom stereocenters. The summed E-state index contributed by atoms with van der Waals surface area (Å²) in [6.45, 7) is 15.2. The van der Waals surface area contributed by atoms with Crippen LogP contribution >= 0.6 is 11.3 Å². The summed E-state index contributed by atoms with van der Waals surface area (Å²) in [6.07, 6.45) is 12.8. The van der Waals surface area contributed by atoms with Crippen LogP contribution in [0, 0.1) is 23.7 Å². The van der Waals surface area contributed by atoms with E-state index in [-0.39, 0.29) is 59.9 Å². The Morgan fingerprint density at radius 1 is 0.923 bits per heavy atom. The number of likely N-dealkylation sites (tertiary alicyclic amines) is 1. The van der Waals surface area contributed by atoms with E-state index in [4.69, 9.17) is 9.47 Å². The van der Waals surface area contributed by atoms with Crippen LogP contribution in [0.1, 0.15) is 110 Å². The summed E-state index contributed by atoms with van der Waals surface area (Å²) < 4.78 is 12.2. The maximum atomic E-state index is 14.7. The molecule has 2 aromatic rings. The summed E-state index contributed by atoms with van der Waals surface area (Å²) >= 11 is 1.53. The maximum absolute atomic E-state index is 14.7. The van der Waals surface area contributed by atoms with Crippen molar-refractivity contribution in [3.63, 3.8) is 0 Å². The van der Waals surface area contributed by atoms with Crippen molar-refractivity contribution >= 4 is 40.7 Å². The molecule has 0 bridgehead atoms. The lowest BCUT2D eigenvalue weighted by Crippen LogP contribution is -2.60. The number of anilines is 1. The van der Waals surface area contributed by atoms with Gasteiger partial charge in [-0.15, -0.1) is 11.3 Å². The number of nitrogens with one attached hydrogen (secondary N) is 2. The summed E-state index contributed by atoms with van der Waals surface area (Å²) in [4.78, 5) is 69.6. The number of aromatic nitrogens is 1. The van der Waals surface area contributed by atoms with Crippen molar-refractivity contribution in [3.8, 4) is 0 Å². The van der Waals surface area contributed by atoms with Gasteiger partial charge in [0.05, 0.1) is 48.7 Å². The van der Waals surface area contributed by atoms with Gasteiger partial charge < -0.3 is 34.8 Å². The number of thiazole rings is 1. The second-order valence-corrected chi connectivity index (χ2v) is 20.1. The van der Waals surface area contributed by atoms with Gasteiger partial charge in [0, 0.05) is 65.7 Å². The van der Waals surface area contributed by atoms with Crippen LogP contribution in [0.2, 0.25) is 0 Å². The van der Waals surface area contributed by atoms with Gasteiger partial charge in [-0.2, -0.15) is 0 Å². The quantitative estimate of drug-likeness (QED) is 0.105. The number of methoxy groups -OCH3 is 2. The molecule has 2 heterocycles. The number of benzene rings is 1. The molecule has 4 amide bonds. The highest BCUT2D eigenvalue weighted by Gasteiger charge is 2.43. The molecule has 1 aromatic heterocycles. The molecule has 1 fully saturated rings. The fourth-order valence-corrected chi connectivity index (χ4v) is 10.3. The Kier molecular flexibility index (Phi) is 21.2. The third-order valence-corrected chi connectivity index (χ3v) is 14.5. The number of rotatable bonds is 25. The Morgan fingerprint density at radius 3 is 2.18 bits per heavy atom. The van der Waals surface area contributed by atoms with Crippen LogP contribution in [0.25, 0.3) is 0 Å². The topological polar surface area (TPSA) is 137 Å². The fourth-order valence-electron chi connectivity index (χ4n) is 9.66. The van der Waals surface area contributed by atoms with Crippen molar-refractivity contribution in [1.82, 2.24) is 30.3 Å². The Labute approximate surface area is 394 Å². The van der Waals surface area contributed by atoms with Gasteiger partial charge in [0.15, 0.2) is 0 Å². The number of hydrogen-bond donors (Lipinski definition) is 2. The SMILES string of the molecule is CC[C@H](C)[C@@H]([C@@H](CC(=O)N1CCC[C@H]1[C@H](OC)[C@@H](C)C(=O)N[C@@H](CC1=CCCC=C1)c1nccs1)OC)N(C)C(=O)[C@@H](NC(=O)[C@H](C(C)C)N(C)CCc1ccc(N(C)C)cc1)C(C)C. The normalized spacial score (nSPS) is 19.0. The lowest BCUT2D eigenvalue weighted by atomic mass is 9.89. The van der Waals surface area contributed by atoms with Crippen molar-refractivity contribution in [3.05, 3.63) is 70.2 Å². The molecule has 2 aliphatic rings. The zero-order chi connectivity index (χ0) is 48.0. The first-order valence-corrected chi connectivity index (χ1v) is 24.8. The van der Waals surface area contributed by atoms with Crippen molar-refractivity contribution in [2.24, 2.45) is 23.7 Å². The van der Waals surface area contributed by atoms with Crippen LogP contribution < -0.4 is 15.5 Å². The molecule has 2 N–H and O–H groups in total. The minimum atomic E-state index is -0.787. The number of nitrogens with zero attached hydrogens (tertiary/aromatic N) is 5. The third-order valence-electron chi connectivity index (χ3n) is 13.6. The van der Waals surface area contributed by atoms with Gasteiger partial charge >= 0.3 is 0 Å². The molecule has 0 saturated carbocycles. The van der Waals surface area contributed by atoms with E-state index < -0.39 is 36.3 Å². The molecule has 0 spiro atoms. The summed E-state index contributed by atoms with van der Waals surface area (Å²) in [6, 6.07) is 6.19. The number of carbonyl (C=O) groups is 4. The van der Waals surface area contributed by atoms with E-state index >= 15 is 0 Å². The minimum Gasteiger partial charge on any atom is -0.379 e.